The summed E-state index contributed by atoms with van der Waals surface area (Å²) in [4.78, 5) is 25.7. The van der Waals surface area contributed by atoms with E-state index in [1.165, 1.54) is 0 Å². The van der Waals surface area contributed by atoms with Crippen molar-refractivity contribution in [3.63, 3.8) is 0 Å². The number of esters is 1. The van der Waals surface area contributed by atoms with Crippen LogP contribution in [0.25, 0.3) is 11.1 Å². The Hall–Kier alpha value is -4.73. The maximum Gasteiger partial charge on any atom is 0.407 e. The predicted molar refractivity (Wildman–Crippen MR) is 134 cm³/mol. The number of alkyl carbamates (subject to hydrolysis) is 1. The van der Waals surface area contributed by atoms with E-state index < -0.39 is 52.9 Å². The first kappa shape index (κ1) is 26.9. The fraction of sp³-hybridized carbons (Fsp3) is 0.133. The van der Waals surface area contributed by atoms with Crippen LogP contribution in [-0.4, -0.2) is 24.7 Å². The second-order valence-electron chi connectivity index (χ2n) is 9.03. The minimum Gasteiger partial charge on any atom is -0.449 e. The van der Waals surface area contributed by atoms with Crippen LogP contribution in [0.4, 0.5) is 26.7 Å². The zero-order valence-corrected chi connectivity index (χ0v) is 20.6. The molecule has 1 amide bonds. The van der Waals surface area contributed by atoms with Gasteiger partial charge in [0.25, 0.3) is 0 Å². The van der Waals surface area contributed by atoms with Crippen LogP contribution in [0.15, 0.2) is 78.9 Å². The van der Waals surface area contributed by atoms with Gasteiger partial charge < -0.3 is 14.8 Å². The lowest BCUT2D eigenvalue weighted by molar-refractivity contribution is -0.137. The molecule has 0 unspecified atom stereocenters. The molecule has 1 atom stereocenters. The van der Waals surface area contributed by atoms with Crippen molar-refractivity contribution in [3.05, 3.63) is 125 Å². The normalized spacial score (nSPS) is 12.8. The number of nitrogens with one attached hydrogen (secondary N) is 1. The molecule has 0 radical (unpaired) electrons. The van der Waals surface area contributed by atoms with Crippen LogP contribution in [0.5, 0.6) is 5.75 Å². The van der Waals surface area contributed by atoms with Gasteiger partial charge in [0.05, 0.1) is 0 Å². The molecule has 4 aromatic rings. The van der Waals surface area contributed by atoms with E-state index in [1.54, 1.807) is 30.3 Å². The van der Waals surface area contributed by atoms with Gasteiger partial charge in [0.1, 0.15) is 12.6 Å². The lowest BCUT2D eigenvalue weighted by atomic mass is 9.98. The van der Waals surface area contributed by atoms with Gasteiger partial charge in [-0.3, -0.25) is 0 Å². The number of hydrogen-bond acceptors (Lipinski definition) is 4. The summed E-state index contributed by atoms with van der Waals surface area (Å²) < 4.78 is 79.0. The van der Waals surface area contributed by atoms with E-state index in [0.717, 1.165) is 22.3 Å². The van der Waals surface area contributed by atoms with Crippen LogP contribution in [0.2, 0.25) is 0 Å². The van der Waals surface area contributed by atoms with Gasteiger partial charge in [-0.15, -0.1) is 0 Å². The fourth-order valence-electron chi connectivity index (χ4n) is 4.67. The van der Waals surface area contributed by atoms with E-state index >= 15 is 0 Å². The maximum atomic E-state index is 14.1. The number of benzene rings is 4. The molecule has 1 aliphatic rings. The molecule has 1 N–H and O–H groups in total. The van der Waals surface area contributed by atoms with Crippen LogP contribution in [0.1, 0.15) is 22.6 Å². The number of amides is 1. The summed E-state index contributed by atoms with van der Waals surface area (Å²) in [6, 6.07) is 21.9. The molecule has 0 aliphatic heterocycles. The lowest BCUT2D eigenvalue weighted by Crippen LogP contribution is -2.45. The number of ether oxygens (including phenoxy) is 2. The van der Waals surface area contributed by atoms with Crippen LogP contribution < -0.4 is 10.1 Å². The number of carbonyl (C=O) groups is 2. The Balaban J connectivity index is 1.34. The zero-order valence-electron chi connectivity index (χ0n) is 20.6. The standard InChI is InChI=1S/C30H20F5NO4/c31-23-24(32)26(34)28(27(35)25(23)33)40-29(37)22(14-16-8-2-1-3-9-16)36-30(38)39-15-21-19-12-6-4-10-17(19)18-11-5-7-13-20(18)21/h1-13,21-22H,14-15H2,(H,36,38)/t22-/m1/s1. The molecule has 1 aliphatic carbocycles. The average Bonchev–Trinajstić information content (AvgIpc) is 3.30. The fourth-order valence-corrected chi connectivity index (χ4v) is 4.67. The van der Waals surface area contributed by atoms with Gasteiger partial charge >= 0.3 is 12.1 Å². The van der Waals surface area contributed by atoms with E-state index in [4.69, 9.17) is 4.74 Å². The SMILES string of the molecule is O=C(N[C@H](Cc1ccccc1)C(=O)Oc1c(F)c(F)c(F)c(F)c1F)OCC1c2ccccc2-c2ccccc21. The third-order valence-electron chi connectivity index (χ3n) is 6.58. The summed E-state index contributed by atoms with van der Waals surface area (Å²) in [7, 11) is 0. The van der Waals surface area contributed by atoms with Crippen molar-refractivity contribution in [2.45, 2.75) is 18.4 Å². The Labute approximate surface area is 225 Å². The second-order valence-corrected chi connectivity index (χ2v) is 9.03. The first-order valence-electron chi connectivity index (χ1n) is 12.1. The molecule has 0 heterocycles. The lowest BCUT2D eigenvalue weighted by Gasteiger charge is -2.19. The summed E-state index contributed by atoms with van der Waals surface area (Å²) in [5.41, 5.74) is 4.41. The Morgan fingerprint density at radius 2 is 1.20 bits per heavy atom. The predicted octanol–water partition coefficient (Wildman–Crippen LogP) is 6.44. The van der Waals surface area contributed by atoms with Crippen molar-refractivity contribution in [1.82, 2.24) is 5.32 Å². The van der Waals surface area contributed by atoms with Crippen LogP contribution in [-0.2, 0) is 16.0 Å². The molecule has 0 spiro atoms. The van der Waals surface area contributed by atoms with Gasteiger partial charge in [-0.1, -0.05) is 78.9 Å². The van der Waals surface area contributed by atoms with Crippen molar-refractivity contribution in [1.29, 1.82) is 0 Å². The largest absolute Gasteiger partial charge is 0.449 e. The Morgan fingerprint density at radius 3 is 1.77 bits per heavy atom. The number of fused-ring (bicyclic) bond motifs is 3. The first-order valence-corrected chi connectivity index (χ1v) is 12.1. The number of carbonyl (C=O) groups excluding carboxylic acids is 2. The summed E-state index contributed by atoms with van der Waals surface area (Å²) in [5, 5.41) is 2.29. The molecule has 5 rings (SSSR count). The Morgan fingerprint density at radius 1 is 0.700 bits per heavy atom. The third-order valence-corrected chi connectivity index (χ3v) is 6.58. The van der Waals surface area contributed by atoms with Crippen molar-refractivity contribution in [3.8, 4) is 16.9 Å². The van der Waals surface area contributed by atoms with Gasteiger partial charge in [-0.25, -0.2) is 22.8 Å². The highest BCUT2D eigenvalue weighted by molar-refractivity contribution is 5.83. The summed E-state index contributed by atoms with van der Waals surface area (Å²) >= 11 is 0. The average molecular weight is 553 g/mol. The summed E-state index contributed by atoms with van der Waals surface area (Å²) in [6.45, 7) is -0.0927. The first-order chi connectivity index (χ1) is 19.3. The van der Waals surface area contributed by atoms with E-state index in [-0.39, 0.29) is 18.9 Å². The smallest absolute Gasteiger partial charge is 0.407 e. The molecule has 0 saturated heterocycles. The highest BCUT2D eigenvalue weighted by Crippen LogP contribution is 2.44. The van der Waals surface area contributed by atoms with E-state index in [0.29, 0.717) is 5.56 Å². The molecule has 204 valence electrons. The number of rotatable bonds is 7. The van der Waals surface area contributed by atoms with Gasteiger partial charge in [0.2, 0.25) is 34.8 Å². The van der Waals surface area contributed by atoms with Crippen molar-refractivity contribution in [2.24, 2.45) is 0 Å². The Bertz CT molecular complexity index is 1520. The third kappa shape index (κ3) is 5.12. The zero-order chi connectivity index (χ0) is 28.4. The molecule has 0 bridgehead atoms. The minimum atomic E-state index is -2.40. The van der Waals surface area contributed by atoms with Crippen LogP contribution >= 0.6 is 0 Å². The molecule has 0 fully saturated rings. The molecule has 40 heavy (non-hydrogen) atoms. The highest BCUT2D eigenvalue weighted by Gasteiger charge is 2.33. The maximum absolute atomic E-state index is 14.1. The Kier molecular flexibility index (Phi) is 7.50. The highest BCUT2D eigenvalue weighted by atomic mass is 19.2. The van der Waals surface area contributed by atoms with Crippen LogP contribution in [0, 0.1) is 29.1 Å². The van der Waals surface area contributed by atoms with Gasteiger partial charge in [0.15, 0.2) is 0 Å². The van der Waals surface area contributed by atoms with E-state index in [2.05, 4.69) is 10.1 Å². The summed E-state index contributed by atoms with van der Waals surface area (Å²) in [5.74, 6) is -15.1. The topological polar surface area (TPSA) is 64.6 Å². The summed E-state index contributed by atoms with van der Waals surface area (Å²) in [6.07, 6.45) is -1.27. The van der Waals surface area contributed by atoms with Crippen molar-refractivity contribution in [2.75, 3.05) is 6.61 Å². The van der Waals surface area contributed by atoms with Crippen molar-refractivity contribution >= 4 is 12.1 Å². The quantitative estimate of drug-likeness (QED) is 0.0941. The van der Waals surface area contributed by atoms with E-state index in [1.807, 2.05) is 48.5 Å². The molecule has 10 heteroatoms. The van der Waals surface area contributed by atoms with Gasteiger partial charge in [-0.05, 0) is 27.8 Å². The number of halogens is 5. The molecular formula is C30H20F5NO4. The number of hydrogen-bond donors (Lipinski definition) is 1. The van der Waals surface area contributed by atoms with Crippen LogP contribution in [0.3, 0.4) is 0 Å². The van der Waals surface area contributed by atoms with Gasteiger partial charge in [0, 0.05) is 12.3 Å². The molecule has 5 nitrogen and oxygen atoms in total. The monoisotopic (exact) mass is 553 g/mol. The van der Waals surface area contributed by atoms with E-state index in [9.17, 15) is 31.5 Å². The van der Waals surface area contributed by atoms with Crippen molar-refractivity contribution < 1.29 is 41.0 Å². The molecule has 4 aromatic carbocycles. The molecular weight excluding hydrogens is 533 g/mol. The minimum absolute atomic E-state index is 0.0927. The van der Waals surface area contributed by atoms with Gasteiger partial charge in [-0.2, -0.15) is 8.78 Å². The second kappa shape index (κ2) is 11.2. The molecule has 0 aromatic heterocycles. The molecule has 0 saturated carbocycles.